The Kier molecular flexibility index (Phi) is 5.72. The van der Waals surface area contributed by atoms with Crippen LogP contribution in [-0.4, -0.2) is 35.3 Å². The van der Waals surface area contributed by atoms with Crippen LogP contribution in [0.1, 0.15) is 30.4 Å². The first-order valence-corrected chi connectivity index (χ1v) is 9.37. The van der Waals surface area contributed by atoms with Crippen LogP contribution in [0, 0.1) is 12.3 Å². The second-order valence-corrected chi connectivity index (χ2v) is 6.74. The zero-order valence-electron chi connectivity index (χ0n) is 15.0. The third-order valence-electron chi connectivity index (χ3n) is 4.11. The Morgan fingerprint density at radius 3 is 2.89 bits per heavy atom. The Balaban J connectivity index is 2.06. The number of hydrogen-bond donors (Lipinski definition) is 2. The molecule has 1 aromatic heterocycles. The van der Waals surface area contributed by atoms with Crippen molar-refractivity contribution in [3.63, 3.8) is 0 Å². The molecular formula is C19H19N3O4S. The maximum Gasteiger partial charge on any atom is 0.257 e. The average molecular weight is 385 g/mol. The van der Waals surface area contributed by atoms with Crippen LogP contribution >= 0.6 is 11.8 Å². The van der Waals surface area contributed by atoms with Crippen LogP contribution < -0.4 is 20.3 Å². The molecule has 2 heterocycles. The molecule has 8 heteroatoms. The average Bonchev–Trinajstić information content (AvgIpc) is 2.65. The predicted octanol–water partition coefficient (Wildman–Crippen LogP) is 2.38. The molecule has 27 heavy (non-hydrogen) atoms. The summed E-state index contributed by atoms with van der Waals surface area (Å²) in [7, 11) is 1.56. The summed E-state index contributed by atoms with van der Waals surface area (Å²) in [5.74, 6) is 3.64. The van der Waals surface area contributed by atoms with Crippen molar-refractivity contribution >= 4 is 23.5 Å². The van der Waals surface area contributed by atoms with Crippen molar-refractivity contribution in [3.05, 3.63) is 39.7 Å². The van der Waals surface area contributed by atoms with Crippen molar-refractivity contribution in [2.45, 2.75) is 24.4 Å². The van der Waals surface area contributed by atoms with Crippen molar-refractivity contribution < 1.29 is 14.3 Å². The van der Waals surface area contributed by atoms with E-state index in [9.17, 15) is 9.59 Å². The van der Waals surface area contributed by atoms with Gasteiger partial charge >= 0.3 is 0 Å². The fourth-order valence-corrected chi connectivity index (χ4v) is 3.53. The number of nitrogens with one attached hydrogen (secondary N) is 2. The number of rotatable bonds is 6. The van der Waals surface area contributed by atoms with Crippen LogP contribution in [0.25, 0.3) is 0 Å². The van der Waals surface area contributed by atoms with Crippen LogP contribution in [0.15, 0.2) is 28.2 Å². The largest absolute Gasteiger partial charge is 0.493 e. The molecule has 0 fully saturated rings. The minimum Gasteiger partial charge on any atom is -0.493 e. The number of anilines is 1. The summed E-state index contributed by atoms with van der Waals surface area (Å²) >= 11 is 1.23. The summed E-state index contributed by atoms with van der Waals surface area (Å²) < 4.78 is 10.9. The standard InChI is InChI=1S/C19H19N3O4S/c1-4-8-27-19-21-17-16(18(24)22-19)12(10-15(23)20-17)11-6-7-13(25-3)14(9-11)26-5-2/h1,6-7,9,12H,5,8,10H2,2-3H3,(H2,20,21,22,23,24). The van der Waals surface area contributed by atoms with E-state index in [4.69, 9.17) is 15.9 Å². The molecule has 0 bridgehead atoms. The van der Waals surface area contributed by atoms with Crippen LogP contribution in [-0.2, 0) is 4.79 Å². The molecule has 1 unspecified atom stereocenters. The number of carbonyl (C=O) groups excluding carboxylic acids is 1. The SMILES string of the molecule is C#CCSc1nc2c(c(=O)[nH]1)C(c1ccc(OC)c(OCC)c1)CC(=O)N2. The van der Waals surface area contributed by atoms with Crippen molar-refractivity contribution in [3.8, 4) is 23.8 Å². The van der Waals surface area contributed by atoms with Gasteiger partial charge in [-0.25, -0.2) is 4.98 Å². The number of methoxy groups -OCH3 is 1. The van der Waals surface area contributed by atoms with Gasteiger partial charge in [0.15, 0.2) is 16.7 Å². The highest BCUT2D eigenvalue weighted by Crippen LogP contribution is 2.38. The summed E-state index contributed by atoms with van der Waals surface area (Å²) in [6.07, 6.45) is 5.40. The van der Waals surface area contributed by atoms with Gasteiger partial charge in [-0.1, -0.05) is 23.7 Å². The molecule has 2 N–H and O–H groups in total. The van der Waals surface area contributed by atoms with Crippen molar-refractivity contribution in [2.24, 2.45) is 0 Å². The lowest BCUT2D eigenvalue weighted by Crippen LogP contribution is -2.31. The first-order valence-electron chi connectivity index (χ1n) is 8.38. The van der Waals surface area contributed by atoms with E-state index in [1.54, 1.807) is 19.2 Å². The van der Waals surface area contributed by atoms with Crippen molar-refractivity contribution in [1.29, 1.82) is 0 Å². The van der Waals surface area contributed by atoms with Crippen LogP contribution in [0.3, 0.4) is 0 Å². The van der Waals surface area contributed by atoms with E-state index in [1.807, 2.05) is 13.0 Å². The first kappa shape index (κ1) is 18.9. The highest BCUT2D eigenvalue weighted by molar-refractivity contribution is 7.99. The lowest BCUT2D eigenvalue weighted by atomic mass is 9.86. The number of hydrogen-bond acceptors (Lipinski definition) is 6. The van der Waals surface area contributed by atoms with Crippen LogP contribution in [0.5, 0.6) is 11.5 Å². The van der Waals surface area contributed by atoms with Crippen LogP contribution in [0.2, 0.25) is 0 Å². The van der Waals surface area contributed by atoms with Crippen molar-refractivity contribution in [2.75, 3.05) is 24.8 Å². The predicted molar refractivity (Wildman–Crippen MR) is 104 cm³/mol. The Morgan fingerprint density at radius 2 is 2.19 bits per heavy atom. The number of fused-ring (bicyclic) bond motifs is 1. The molecular weight excluding hydrogens is 366 g/mol. The molecule has 0 radical (unpaired) electrons. The van der Waals surface area contributed by atoms with E-state index in [2.05, 4.69) is 21.2 Å². The summed E-state index contributed by atoms with van der Waals surface area (Å²) in [6.45, 7) is 2.35. The second-order valence-electron chi connectivity index (χ2n) is 5.77. The van der Waals surface area contributed by atoms with E-state index in [0.29, 0.717) is 34.6 Å². The number of thioether (sulfide) groups is 1. The number of ether oxygens (including phenoxy) is 2. The van der Waals surface area contributed by atoms with Crippen LogP contribution in [0.4, 0.5) is 5.82 Å². The number of benzene rings is 1. The second kappa shape index (κ2) is 8.18. The summed E-state index contributed by atoms with van der Waals surface area (Å²) in [4.78, 5) is 32.0. The maximum atomic E-state index is 12.7. The topological polar surface area (TPSA) is 93.3 Å². The monoisotopic (exact) mass is 385 g/mol. The van der Waals surface area contributed by atoms with Gasteiger partial charge in [-0.3, -0.25) is 9.59 Å². The number of amides is 1. The van der Waals surface area contributed by atoms with Gasteiger partial charge < -0.3 is 19.8 Å². The minimum atomic E-state index is -0.429. The highest BCUT2D eigenvalue weighted by atomic mass is 32.2. The summed E-state index contributed by atoms with van der Waals surface area (Å²) in [5, 5.41) is 3.07. The Hall–Kier alpha value is -2.92. The smallest absolute Gasteiger partial charge is 0.257 e. The fraction of sp³-hybridized carbons (Fsp3) is 0.316. The molecule has 1 atom stereocenters. The van der Waals surface area contributed by atoms with Crippen molar-refractivity contribution in [1.82, 2.24) is 9.97 Å². The highest BCUT2D eigenvalue weighted by Gasteiger charge is 2.31. The zero-order valence-corrected chi connectivity index (χ0v) is 15.8. The number of terminal acetylenes is 1. The molecule has 1 aliphatic rings. The van der Waals surface area contributed by atoms with Gasteiger partial charge in [0.1, 0.15) is 5.82 Å². The Bertz CT molecular complexity index is 964. The molecule has 2 aromatic rings. The number of carbonyl (C=O) groups is 1. The molecule has 0 aliphatic carbocycles. The molecule has 0 saturated heterocycles. The lowest BCUT2D eigenvalue weighted by molar-refractivity contribution is -0.116. The molecule has 3 rings (SSSR count). The van der Waals surface area contributed by atoms with Gasteiger partial charge in [0.25, 0.3) is 5.56 Å². The molecule has 0 spiro atoms. The van der Waals surface area contributed by atoms with Gasteiger partial charge in [0.05, 0.1) is 25.0 Å². The van der Waals surface area contributed by atoms with E-state index >= 15 is 0 Å². The lowest BCUT2D eigenvalue weighted by Gasteiger charge is -2.25. The van der Waals surface area contributed by atoms with Gasteiger partial charge in [-0.15, -0.1) is 6.42 Å². The number of aromatic amines is 1. The fourth-order valence-electron chi connectivity index (χ4n) is 2.99. The number of nitrogens with zero attached hydrogens (tertiary/aromatic N) is 1. The molecule has 1 aliphatic heterocycles. The molecule has 7 nitrogen and oxygen atoms in total. The molecule has 1 aromatic carbocycles. The minimum absolute atomic E-state index is 0.145. The van der Waals surface area contributed by atoms with E-state index < -0.39 is 5.92 Å². The summed E-state index contributed by atoms with van der Waals surface area (Å²) in [6, 6.07) is 5.40. The van der Waals surface area contributed by atoms with E-state index in [-0.39, 0.29) is 23.7 Å². The summed E-state index contributed by atoms with van der Waals surface area (Å²) in [5.41, 5.74) is 0.914. The zero-order chi connectivity index (χ0) is 19.4. The molecule has 1 amide bonds. The van der Waals surface area contributed by atoms with E-state index in [0.717, 1.165) is 5.56 Å². The Morgan fingerprint density at radius 1 is 1.37 bits per heavy atom. The molecule has 0 saturated carbocycles. The van der Waals surface area contributed by atoms with Gasteiger partial charge in [0, 0.05) is 12.3 Å². The Labute approximate surface area is 160 Å². The normalized spacial score (nSPS) is 15.4. The van der Waals surface area contributed by atoms with E-state index in [1.165, 1.54) is 11.8 Å². The quantitative estimate of drug-likeness (QED) is 0.451. The molecule has 140 valence electrons. The van der Waals surface area contributed by atoms with Gasteiger partial charge in [-0.2, -0.15) is 0 Å². The third kappa shape index (κ3) is 3.93. The number of H-pyrrole nitrogens is 1. The maximum absolute atomic E-state index is 12.7. The van der Waals surface area contributed by atoms with Gasteiger partial charge in [-0.05, 0) is 24.6 Å². The first-order chi connectivity index (χ1) is 13.1. The third-order valence-corrected chi connectivity index (χ3v) is 4.89. The number of aromatic nitrogens is 2. The van der Waals surface area contributed by atoms with Gasteiger partial charge in [0.2, 0.25) is 5.91 Å².